The molecule has 0 aliphatic carbocycles. The molecule has 0 unspecified atom stereocenters. The quantitative estimate of drug-likeness (QED) is 0.512. The summed E-state index contributed by atoms with van der Waals surface area (Å²) in [6.07, 6.45) is 1.94. The minimum atomic E-state index is -1.26. The van der Waals surface area contributed by atoms with Gasteiger partial charge in [0.1, 0.15) is 0 Å². The first-order valence-electron chi connectivity index (χ1n) is 7.17. The van der Waals surface area contributed by atoms with Crippen LogP contribution in [0.2, 0.25) is 19.6 Å². The average molecular weight is 313 g/mol. The molecule has 0 aliphatic heterocycles. The van der Waals surface area contributed by atoms with Crippen molar-refractivity contribution in [2.75, 3.05) is 0 Å². The van der Waals surface area contributed by atoms with E-state index in [2.05, 4.69) is 61.1 Å². The first-order valence-corrected chi connectivity index (χ1v) is 11.5. The molecule has 0 radical (unpaired) electrons. The Morgan fingerprint density at radius 1 is 1.19 bits per heavy atom. The van der Waals surface area contributed by atoms with Crippen molar-refractivity contribution in [2.24, 2.45) is 0 Å². The third-order valence-electron chi connectivity index (χ3n) is 3.53. The summed E-state index contributed by atoms with van der Waals surface area (Å²) in [5.41, 5.74) is 2.23. The number of aromatic nitrogens is 2. The van der Waals surface area contributed by atoms with Crippen LogP contribution in [0.4, 0.5) is 0 Å². The molecule has 3 rings (SSSR count). The molecule has 4 heteroatoms. The monoisotopic (exact) mass is 312 g/mol. The lowest BCUT2D eigenvalue weighted by atomic mass is 10.3. The number of nitrogens with zero attached hydrogens (tertiary/aromatic N) is 2. The van der Waals surface area contributed by atoms with Crippen molar-refractivity contribution in [3.8, 4) is 10.7 Å². The number of benzene rings is 1. The van der Waals surface area contributed by atoms with Gasteiger partial charge in [-0.05, 0) is 22.7 Å². The standard InChI is InChI=1S/C17H20N2SSi/c1-5-12-19-14-9-7-6-8-13(14)18-17(19)15-10-11-16(20-15)21(2,3)4/h5-11H,1,12H2,2-4H3. The van der Waals surface area contributed by atoms with Gasteiger partial charge < -0.3 is 4.57 Å². The Bertz CT molecular complexity index is 793. The van der Waals surface area contributed by atoms with Crippen molar-refractivity contribution in [3.05, 3.63) is 49.1 Å². The highest BCUT2D eigenvalue weighted by molar-refractivity contribution is 7.28. The molecule has 0 bridgehead atoms. The van der Waals surface area contributed by atoms with Gasteiger partial charge in [0.25, 0.3) is 0 Å². The van der Waals surface area contributed by atoms with Crippen molar-refractivity contribution < 1.29 is 0 Å². The van der Waals surface area contributed by atoms with E-state index < -0.39 is 8.07 Å². The van der Waals surface area contributed by atoms with Crippen molar-refractivity contribution in [1.82, 2.24) is 9.55 Å². The highest BCUT2D eigenvalue weighted by atomic mass is 32.1. The summed E-state index contributed by atoms with van der Waals surface area (Å²) in [5, 5.41) is 0. The highest BCUT2D eigenvalue weighted by Crippen LogP contribution is 2.28. The number of thiophene rings is 1. The fourth-order valence-corrected chi connectivity index (χ4v) is 5.33. The SMILES string of the molecule is C=CCn1c(-c2ccc([Si](C)(C)C)s2)nc2ccccc21. The Hall–Kier alpha value is -1.65. The number of para-hydroxylation sites is 2. The Kier molecular flexibility index (Phi) is 3.59. The Morgan fingerprint density at radius 3 is 2.62 bits per heavy atom. The van der Waals surface area contributed by atoms with E-state index >= 15 is 0 Å². The summed E-state index contributed by atoms with van der Waals surface area (Å²) < 4.78 is 3.78. The summed E-state index contributed by atoms with van der Waals surface area (Å²) in [5.74, 6) is 1.06. The van der Waals surface area contributed by atoms with Gasteiger partial charge in [-0.2, -0.15) is 0 Å². The number of hydrogen-bond donors (Lipinski definition) is 0. The molecule has 0 saturated heterocycles. The first-order chi connectivity index (χ1) is 10.0. The van der Waals surface area contributed by atoms with E-state index in [4.69, 9.17) is 4.98 Å². The molecular formula is C17H20N2SSi. The molecule has 108 valence electrons. The fourth-order valence-electron chi connectivity index (χ4n) is 2.44. The third-order valence-corrected chi connectivity index (χ3v) is 8.21. The van der Waals surface area contributed by atoms with Gasteiger partial charge in [0.2, 0.25) is 0 Å². The van der Waals surface area contributed by atoms with Crippen LogP contribution in [0, 0.1) is 0 Å². The largest absolute Gasteiger partial charge is 0.319 e. The number of imidazole rings is 1. The Morgan fingerprint density at radius 2 is 1.95 bits per heavy atom. The van der Waals surface area contributed by atoms with Gasteiger partial charge in [-0.3, -0.25) is 0 Å². The maximum absolute atomic E-state index is 4.84. The van der Waals surface area contributed by atoms with E-state index in [1.54, 1.807) is 0 Å². The predicted octanol–water partition coefficient (Wildman–Crippen LogP) is 4.50. The molecular weight excluding hydrogens is 292 g/mol. The number of rotatable bonds is 4. The molecule has 0 N–H and O–H groups in total. The maximum atomic E-state index is 4.84. The van der Waals surface area contributed by atoms with Crippen LogP contribution in [-0.4, -0.2) is 17.6 Å². The lowest BCUT2D eigenvalue weighted by molar-refractivity contribution is 0.864. The molecule has 3 aromatic rings. The first kappa shape index (κ1) is 14.3. The molecule has 2 heterocycles. The summed E-state index contributed by atoms with van der Waals surface area (Å²) in [7, 11) is -1.26. The van der Waals surface area contributed by atoms with Crippen LogP contribution in [0.1, 0.15) is 0 Å². The average Bonchev–Trinajstić information content (AvgIpc) is 3.03. The summed E-state index contributed by atoms with van der Waals surface area (Å²) in [6.45, 7) is 11.8. The van der Waals surface area contributed by atoms with E-state index in [9.17, 15) is 0 Å². The second-order valence-corrected chi connectivity index (χ2v) is 12.7. The Balaban J connectivity index is 2.17. The van der Waals surface area contributed by atoms with E-state index in [1.165, 1.54) is 14.9 Å². The summed E-state index contributed by atoms with van der Waals surface area (Å²) >= 11 is 1.89. The lowest BCUT2D eigenvalue weighted by Crippen LogP contribution is -2.34. The van der Waals surface area contributed by atoms with Crippen LogP contribution in [0.5, 0.6) is 0 Å². The Labute approximate surface area is 130 Å². The van der Waals surface area contributed by atoms with Gasteiger partial charge in [0, 0.05) is 6.54 Å². The second-order valence-electron chi connectivity index (χ2n) is 6.24. The number of hydrogen-bond acceptors (Lipinski definition) is 2. The van der Waals surface area contributed by atoms with Gasteiger partial charge in [-0.25, -0.2) is 4.98 Å². The molecule has 0 amide bonds. The van der Waals surface area contributed by atoms with Crippen molar-refractivity contribution >= 4 is 34.9 Å². The molecule has 0 saturated carbocycles. The topological polar surface area (TPSA) is 17.8 Å². The van der Waals surface area contributed by atoms with E-state index in [-0.39, 0.29) is 0 Å². The smallest absolute Gasteiger partial charge is 0.151 e. The molecule has 0 atom stereocenters. The zero-order valence-corrected chi connectivity index (χ0v) is 14.6. The van der Waals surface area contributed by atoms with Crippen molar-refractivity contribution in [3.63, 3.8) is 0 Å². The van der Waals surface area contributed by atoms with E-state index in [0.29, 0.717) is 0 Å². The molecule has 0 aliphatic rings. The van der Waals surface area contributed by atoms with Crippen molar-refractivity contribution in [1.29, 1.82) is 0 Å². The van der Waals surface area contributed by atoms with Crippen molar-refractivity contribution in [2.45, 2.75) is 26.2 Å². The van der Waals surface area contributed by atoms with Gasteiger partial charge in [0.05, 0.1) is 24.0 Å². The number of fused-ring (bicyclic) bond motifs is 1. The zero-order valence-electron chi connectivity index (χ0n) is 12.8. The molecule has 0 fully saturated rings. The van der Waals surface area contributed by atoms with Crippen LogP contribution in [0.25, 0.3) is 21.7 Å². The summed E-state index contributed by atoms with van der Waals surface area (Å²) in [4.78, 5) is 6.09. The van der Waals surface area contributed by atoms with Gasteiger partial charge in [0.15, 0.2) is 5.82 Å². The summed E-state index contributed by atoms with van der Waals surface area (Å²) in [6, 6.07) is 12.8. The van der Waals surface area contributed by atoms with Crippen LogP contribution >= 0.6 is 11.3 Å². The van der Waals surface area contributed by atoms with E-state index in [1.807, 2.05) is 23.5 Å². The molecule has 1 aromatic carbocycles. The second kappa shape index (κ2) is 5.28. The third kappa shape index (κ3) is 2.61. The number of allylic oxidation sites excluding steroid dienone is 1. The fraction of sp³-hybridized carbons (Fsp3) is 0.235. The predicted molar refractivity (Wildman–Crippen MR) is 96.2 cm³/mol. The lowest BCUT2D eigenvalue weighted by Gasteiger charge is -2.12. The van der Waals surface area contributed by atoms with Gasteiger partial charge in [-0.1, -0.05) is 43.9 Å². The van der Waals surface area contributed by atoms with E-state index in [0.717, 1.165) is 17.9 Å². The zero-order chi connectivity index (χ0) is 15.0. The minimum Gasteiger partial charge on any atom is -0.319 e. The van der Waals surface area contributed by atoms with Crippen LogP contribution < -0.4 is 4.50 Å². The highest BCUT2D eigenvalue weighted by Gasteiger charge is 2.21. The maximum Gasteiger partial charge on any atom is 0.151 e. The molecule has 0 spiro atoms. The molecule has 2 aromatic heterocycles. The van der Waals surface area contributed by atoms with Crippen LogP contribution in [0.3, 0.4) is 0 Å². The molecule has 21 heavy (non-hydrogen) atoms. The van der Waals surface area contributed by atoms with Crippen LogP contribution in [0.15, 0.2) is 49.1 Å². The van der Waals surface area contributed by atoms with Gasteiger partial charge in [-0.15, -0.1) is 17.9 Å². The van der Waals surface area contributed by atoms with Gasteiger partial charge >= 0.3 is 0 Å². The normalized spacial score (nSPS) is 12.0. The minimum absolute atomic E-state index is 0.788. The van der Waals surface area contributed by atoms with Crippen LogP contribution in [-0.2, 0) is 6.54 Å². The molecule has 2 nitrogen and oxygen atoms in total.